The average molecular weight is 865 g/mol. The zero-order valence-corrected chi connectivity index (χ0v) is 31.6. The molecule has 10 nitrogen and oxygen atoms in total. The molecule has 286 valence electrons. The van der Waals surface area contributed by atoms with Crippen molar-refractivity contribution in [2.75, 3.05) is 13.2 Å². The standard InChI is InChI=1S/2C16H14F3N3O2S.2ClH.Fe/c2*1-10-6-12(24-9-16(17,18)19)7-11(20-10)8-25(23)15-21-13-4-2-3-5-14(13)22-15;;;/h2*2-7H,8-9H2,1H3,(H,21,22);2*1H;/q;;;;+2/p-2. The number of hydrogen-bond donors (Lipinski definition) is 2. The van der Waals surface area contributed by atoms with Crippen molar-refractivity contribution in [2.24, 2.45) is 0 Å². The van der Waals surface area contributed by atoms with Crippen molar-refractivity contribution in [1.82, 2.24) is 29.9 Å². The van der Waals surface area contributed by atoms with Gasteiger partial charge in [0, 0.05) is 35.7 Å². The number of ether oxygens (including phenoxy) is 2. The maximum absolute atomic E-state index is 12.5. The second-order valence-electron chi connectivity index (χ2n) is 10.8. The minimum Gasteiger partial charge on any atom is -1.00 e. The Labute approximate surface area is 326 Å². The molecule has 2 aromatic carbocycles. The summed E-state index contributed by atoms with van der Waals surface area (Å²) in [5, 5.41) is 0.588. The average Bonchev–Trinajstić information content (AvgIpc) is 3.67. The summed E-state index contributed by atoms with van der Waals surface area (Å²) in [7, 11) is -3.02. The van der Waals surface area contributed by atoms with E-state index in [2.05, 4.69) is 29.9 Å². The van der Waals surface area contributed by atoms with Gasteiger partial charge in [0.2, 0.25) is 0 Å². The van der Waals surface area contributed by atoms with Gasteiger partial charge in [-0.2, -0.15) is 26.3 Å². The molecule has 4 aromatic heterocycles. The Morgan fingerprint density at radius 2 is 0.962 bits per heavy atom. The summed E-state index contributed by atoms with van der Waals surface area (Å²) >= 11 is 0. The van der Waals surface area contributed by atoms with Crippen LogP contribution in [-0.4, -0.2) is 63.9 Å². The number of para-hydroxylation sites is 4. The number of H-pyrrole nitrogens is 2. The van der Waals surface area contributed by atoms with Crippen LogP contribution in [0.4, 0.5) is 26.3 Å². The minimum atomic E-state index is -4.42. The minimum absolute atomic E-state index is 0. The molecule has 2 N–H and O–H groups in total. The Hall–Kier alpha value is -3.74. The van der Waals surface area contributed by atoms with Crippen LogP contribution in [0.25, 0.3) is 22.1 Å². The Balaban J connectivity index is 0.000000347. The number of nitrogens with zero attached hydrogens (tertiary/aromatic N) is 4. The molecule has 2 atom stereocenters. The monoisotopic (exact) mass is 864 g/mol. The summed E-state index contributed by atoms with van der Waals surface area (Å²) in [6.45, 7) is 0.493. The van der Waals surface area contributed by atoms with Crippen LogP contribution in [0.2, 0.25) is 0 Å². The first-order chi connectivity index (χ1) is 23.6. The molecule has 0 aliphatic heterocycles. The van der Waals surface area contributed by atoms with Gasteiger partial charge in [0.25, 0.3) is 0 Å². The molecule has 4 heterocycles. The summed E-state index contributed by atoms with van der Waals surface area (Å²) in [5.41, 5.74) is 4.61. The van der Waals surface area contributed by atoms with E-state index >= 15 is 0 Å². The molecular weight excluding hydrogens is 837 g/mol. The number of pyridine rings is 2. The van der Waals surface area contributed by atoms with Gasteiger partial charge in [-0.1, -0.05) is 24.3 Å². The summed E-state index contributed by atoms with van der Waals surface area (Å²) in [6.07, 6.45) is -8.84. The van der Waals surface area contributed by atoms with Crippen LogP contribution < -0.4 is 34.3 Å². The largest absolute Gasteiger partial charge is 2.00 e. The second kappa shape index (κ2) is 19.5. The maximum Gasteiger partial charge on any atom is 2.00 e. The van der Waals surface area contributed by atoms with Crippen LogP contribution in [0.5, 0.6) is 11.5 Å². The molecule has 0 bridgehead atoms. The third-order valence-corrected chi connectivity index (χ3v) is 8.85. The number of alkyl halides is 6. The molecular formula is C32H28Cl2F6FeN6O4S2. The van der Waals surface area contributed by atoms with Crippen molar-refractivity contribution in [1.29, 1.82) is 0 Å². The van der Waals surface area contributed by atoms with Crippen LogP contribution >= 0.6 is 0 Å². The van der Waals surface area contributed by atoms with Crippen molar-refractivity contribution >= 4 is 43.7 Å². The molecule has 0 saturated heterocycles. The third kappa shape index (κ3) is 13.9. The second-order valence-corrected chi connectivity index (χ2v) is 13.5. The number of aryl methyl sites for hydroxylation is 2. The Bertz CT molecular complexity index is 1950. The van der Waals surface area contributed by atoms with E-state index in [-0.39, 0.29) is 64.9 Å². The predicted octanol–water partition coefficient (Wildman–Crippen LogP) is 1.04. The number of rotatable bonds is 10. The van der Waals surface area contributed by atoms with Crippen LogP contribution in [0.3, 0.4) is 0 Å². The van der Waals surface area contributed by atoms with Crippen molar-refractivity contribution in [3.8, 4) is 11.5 Å². The molecule has 6 aromatic rings. The fourth-order valence-corrected chi connectivity index (χ4v) is 6.48. The predicted molar refractivity (Wildman–Crippen MR) is 173 cm³/mol. The van der Waals surface area contributed by atoms with Gasteiger partial charge in [0.1, 0.15) is 11.5 Å². The van der Waals surface area contributed by atoms with Gasteiger partial charge in [-0.05, 0) is 38.1 Å². The number of benzene rings is 2. The number of imidazole rings is 2. The van der Waals surface area contributed by atoms with E-state index in [0.717, 1.165) is 11.0 Å². The summed E-state index contributed by atoms with van der Waals surface area (Å²) < 4.78 is 108. The molecule has 0 amide bonds. The van der Waals surface area contributed by atoms with Crippen LogP contribution in [0.15, 0.2) is 83.1 Å². The van der Waals surface area contributed by atoms with Gasteiger partial charge in [-0.25, -0.2) is 9.97 Å². The van der Waals surface area contributed by atoms with Crippen LogP contribution in [-0.2, 0) is 50.2 Å². The van der Waals surface area contributed by atoms with Crippen molar-refractivity contribution in [3.63, 3.8) is 0 Å². The fourth-order valence-electron chi connectivity index (χ4n) is 4.53. The van der Waals surface area contributed by atoms with E-state index in [0.29, 0.717) is 44.1 Å². The number of aromatic nitrogens is 6. The molecule has 6 rings (SSSR count). The number of hydrogen-bond acceptors (Lipinski definition) is 8. The van der Waals surface area contributed by atoms with Crippen molar-refractivity contribution in [3.05, 3.63) is 95.6 Å². The Morgan fingerprint density at radius 1 is 0.604 bits per heavy atom. The van der Waals surface area contributed by atoms with Gasteiger partial charge in [0.15, 0.2) is 23.5 Å². The number of fused-ring (bicyclic) bond motifs is 2. The first-order valence-corrected chi connectivity index (χ1v) is 17.2. The van der Waals surface area contributed by atoms with Crippen molar-refractivity contribution in [2.45, 2.75) is 48.0 Å². The summed E-state index contributed by atoms with van der Waals surface area (Å²) in [5.74, 6) is 0.121. The Kier molecular flexibility index (Phi) is 16.7. The van der Waals surface area contributed by atoms with Crippen LogP contribution in [0, 0.1) is 13.8 Å². The first kappa shape index (κ1) is 45.4. The third-order valence-electron chi connectivity index (χ3n) is 6.49. The van der Waals surface area contributed by atoms with E-state index in [4.69, 9.17) is 9.47 Å². The van der Waals surface area contributed by atoms with Gasteiger partial charge in [-0.3, -0.25) is 18.4 Å². The smallest absolute Gasteiger partial charge is 1.00 e. The molecule has 0 fully saturated rings. The van der Waals surface area contributed by atoms with E-state index in [1.807, 2.05) is 36.4 Å². The summed E-state index contributed by atoms with van der Waals surface area (Å²) in [6, 6.07) is 20.1. The van der Waals surface area contributed by atoms with Gasteiger partial charge in [0.05, 0.1) is 66.6 Å². The zero-order chi connectivity index (χ0) is 36.1. The quantitative estimate of drug-likeness (QED) is 0.154. The topological polar surface area (TPSA) is 136 Å². The van der Waals surface area contributed by atoms with E-state index in [9.17, 15) is 34.8 Å². The zero-order valence-electron chi connectivity index (χ0n) is 27.4. The fraction of sp³-hybridized carbons (Fsp3) is 0.250. The van der Waals surface area contributed by atoms with Crippen LogP contribution in [0.1, 0.15) is 22.8 Å². The summed E-state index contributed by atoms with van der Waals surface area (Å²) in [4.78, 5) is 22.9. The molecule has 0 radical (unpaired) electrons. The molecule has 2 unspecified atom stereocenters. The van der Waals surface area contributed by atoms with Gasteiger partial charge >= 0.3 is 29.4 Å². The van der Waals surface area contributed by atoms with Crippen molar-refractivity contribution < 1.29 is 86.1 Å². The number of nitrogens with one attached hydrogen (secondary N) is 2. The van der Waals surface area contributed by atoms with Gasteiger partial charge < -0.3 is 44.3 Å². The molecule has 21 heteroatoms. The molecule has 0 saturated carbocycles. The molecule has 0 aliphatic carbocycles. The number of aromatic amines is 2. The maximum atomic E-state index is 12.5. The van der Waals surface area contributed by atoms with E-state index in [1.54, 1.807) is 26.0 Å². The number of halogens is 8. The molecule has 0 spiro atoms. The SMILES string of the molecule is Cc1cc(OCC(F)(F)F)cc(CS(=O)c2nc3ccccc3[nH]2)n1.Cc1cc(OCC(F)(F)F)cc(CS(=O)c2nc3ccccc3[nH]2)n1.[Cl-].[Cl-].[Fe+2]. The molecule has 0 aliphatic rings. The van der Waals surface area contributed by atoms with E-state index in [1.165, 1.54) is 24.3 Å². The Morgan fingerprint density at radius 3 is 1.30 bits per heavy atom. The first-order valence-electron chi connectivity index (χ1n) is 14.6. The van der Waals surface area contributed by atoms with Gasteiger partial charge in [-0.15, -0.1) is 0 Å². The van der Waals surface area contributed by atoms with E-state index < -0.39 is 47.2 Å². The normalized spacial score (nSPS) is 12.4. The molecule has 53 heavy (non-hydrogen) atoms.